The summed E-state index contributed by atoms with van der Waals surface area (Å²) in [5.41, 5.74) is -0.198. The Balaban J connectivity index is 1.74. The zero-order valence-corrected chi connectivity index (χ0v) is 13.4. The van der Waals surface area contributed by atoms with Crippen molar-refractivity contribution in [2.24, 2.45) is 0 Å². The van der Waals surface area contributed by atoms with Crippen molar-refractivity contribution in [2.45, 2.75) is 25.9 Å². The summed E-state index contributed by atoms with van der Waals surface area (Å²) in [4.78, 5) is 15.3. The van der Waals surface area contributed by atoms with Gasteiger partial charge in [0.05, 0.1) is 5.56 Å². The van der Waals surface area contributed by atoms with Crippen LogP contribution >= 0.6 is 0 Å². The fourth-order valence-corrected chi connectivity index (χ4v) is 2.33. The zero-order chi connectivity index (χ0) is 18.9. The molecule has 9 heteroatoms. The smallest absolute Gasteiger partial charge is 0.466 e. The standard InChI is InChI=1S/C17H12F4N2O3/c1-9-2-4-11(25-9)5-7-14(24)12-6-3-10(8-13(12)18)15-22-16(26-23-15)17(19,20)21/h2-4,6,8H,5,7H2,1H3. The Hall–Kier alpha value is -2.97. The summed E-state index contributed by atoms with van der Waals surface area (Å²) in [7, 11) is 0. The quantitative estimate of drug-likeness (QED) is 0.486. The third-order valence-electron chi connectivity index (χ3n) is 3.59. The molecule has 0 radical (unpaired) electrons. The van der Waals surface area contributed by atoms with Crippen molar-refractivity contribution < 1.29 is 31.3 Å². The minimum absolute atomic E-state index is 0.0278. The lowest BCUT2D eigenvalue weighted by Gasteiger charge is -2.03. The van der Waals surface area contributed by atoms with Crippen molar-refractivity contribution in [3.8, 4) is 11.4 Å². The van der Waals surface area contributed by atoms with Gasteiger partial charge in [-0.2, -0.15) is 18.2 Å². The molecule has 3 aromatic rings. The first-order chi connectivity index (χ1) is 12.2. The molecule has 3 rings (SSSR count). The fraction of sp³-hybridized carbons (Fsp3) is 0.235. The van der Waals surface area contributed by atoms with Gasteiger partial charge in [0.2, 0.25) is 5.82 Å². The Morgan fingerprint density at radius 2 is 1.96 bits per heavy atom. The third kappa shape index (κ3) is 3.81. The molecule has 5 nitrogen and oxygen atoms in total. The Kier molecular flexibility index (Phi) is 4.62. The molecule has 1 aromatic carbocycles. The van der Waals surface area contributed by atoms with Crippen LogP contribution in [0.3, 0.4) is 0 Å². The second-order valence-electron chi connectivity index (χ2n) is 5.55. The van der Waals surface area contributed by atoms with E-state index >= 15 is 0 Å². The zero-order valence-electron chi connectivity index (χ0n) is 13.4. The molecule has 0 saturated carbocycles. The van der Waals surface area contributed by atoms with Crippen molar-refractivity contribution in [1.29, 1.82) is 0 Å². The molecule has 2 heterocycles. The largest absolute Gasteiger partial charge is 0.471 e. The number of rotatable bonds is 5. The Morgan fingerprint density at radius 1 is 1.19 bits per heavy atom. The van der Waals surface area contributed by atoms with Gasteiger partial charge in [0.25, 0.3) is 0 Å². The van der Waals surface area contributed by atoms with Crippen LogP contribution < -0.4 is 0 Å². The van der Waals surface area contributed by atoms with E-state index in [0.717, 1.165) is 6.07 Å². The molecule has 136 valence electrons. The lowest BCUT2D eigenvalue weighted by Crippen LogP contribution is -2.05. The highest BCUT2D eigenvalue weighted by molar-refractivity contribution is 5.96. The van der Waals surface area contributed by atoms with Gasteiger partial charge in [-0.05, 0) is 31.2 Å². The predicted molar refractivity (Wildman–Crippen MR) is 80.8 cm³/mol. The summed E-state index contributed by atoms with van der Waals surface area (Å²) >= 11 is 0. The number of halogens is 4. The summed E-state index contributed by atoms with van der Waals surface area (Å²) in [6, 6.07) is 6.84. The lowest BCUT2D eigenvalue weighted by molar-refractivity contribution is -0.159. The minimum atomic E-state index is -4.79. The molecule has 0 bridgehead atoms. The van der Waals surface area contributed by atoms with E-state index in [1.807, 2.05) is 0 Å². The molecule has 0 amide bonds. The van der Waals surface area contributed by atoms with Crippen LogP contribution in [0.5, 0.6) is 0 Å². The Morgan fingerprint density at radius 3 is 2.54 bits per heavy atom. The molecule has 0 fully saturated rings. The number of aryl methyl sites for hydroxylation is 2. The Bertz CT molecular complexity index is 944. The van der Waals surface area contributed by atoms with E-state index in [1.54, 1.807) is 19.1 Å². The van der Waals surface area contributed by atoms with Crippen LogP contribution in [0.2, 0.25) is 0 Å². The number of benzene rings is 1. The molecule has 0 unspecified atom stereocenters. The molecule has 0 aliphatic rings. The molecule has 0 spiro atoms. The number of furan rings is 1. The maximum Gasteiger partial charge on any atom is 0.471 e. The first kappa shape index (κ1) is 17.8. The van der Waals surface area contributed by atoms with Crippen LogP contribution in [0.15, 0.2) is 39.3 Å². The van der Waals surface area contributed by atoms with Crippen LogP contribution in [-0.4, -0.2) is 15.9 Å². The first-order valence-corrected chi connectivity index (χ1v) is 7.53. The average Bonchev–Trinajstić information content (AvgIpc) is 3.21. The number of carbonyl (C=O) groups excluding carboxylic acids is 1. The summed E-state index contributed by atoms with van der Waals surface area (Å²) in [5.74, 6) is -1.95. The Labute approximate surface area is 144 Å². The van der Waals surface area contributed by atoms with E-state index < -0.39 is 29.5 Å². The summed E-state index contributed by atoms with van der Waals surface area (Å²) < 4.78 is 61.1. The van der Waals surface area contributed by atoms with E-state index in [4.69, 9.17) is 4.42 Å². The lowest BCUT2D eigenvalue weighted by atomic mass is 10.0. The number of alkyl halides is 3. The molecule has 2 aromatic heterocycles. The van der Waals surface area contributed by atoms with Crippen molar-refractivity contribution in [1.82, 2.24) is 10.1 Å². The molecule has 0 N–H and O–H groups in total. The number of ketones is 1. The number of carbonyl (C=O) groups is 1. The number of hydrogen-bond acceptors (Lipinski definition) is 5. The second kappa shape index (κ2) is 6.74. The van der Waals surface area contributed by atoms with Gasteiger partial charge in [0, 0.05) is 18.4 Å². The molecular weight excluding hydrogens is 356 g/mol. The highest BCUT2D eigenvalue weighted by Gasteiger charge is 2.38. The SMILES string of the molecule is Cc1ccc(CCC(=O)c2ccc(-c3noc(C(F)(F)F)n3)cc2F)o1. The monoisotopic (exact) mass is 368 g/mol. The van der Waals surface area contributed by atoms with Crippen LogP contribution in [0.1, 0.15) is 34.2 Å². The average molecular weight is 368 g/mol. The van der Waals surface area contributed by atoms with Gasteiger partial charge >= 0.3 is 12.1 Å². The van der Waals surface area contributed by atoms with Gasteiger partial charge in [-0.25, -0.2) is 4.39 Å². The maximum absolute atomic E-state index is 14.2. The molecule has 0 aliphatic heterocycles. The van der Waals surface area contributed by atoms with Crippen molar-refractivity contribution >= 4 is 5.78 Å². The van der Waals surface area contributed by atoms with Gasteiger partial charge in [0.1, 0.15) is 17.3 Å². The normalized spacial score (nSPS) is 11.7. The van der Waals surface area contributed by atoms with Gasteiger partial charge in [0.15, 0.2) is 5.78 Å². The highest BCUT2D eigenvalue weighted by atomic mass is 19.4. The van der Waals surface area contributed by atoms with Crippen molar-refractivity contribution in [3.05, 3.63) is 59.1 Å². The van der Waals surface area contributed by atoms with Crippen molar-refractivity contribution in [3.63, 3.8) is 0 Å². The van der Waals surface area contributed by atoms with Crippen molar-refractivity contribution in [2.75, 3.05) is 0 Å². The van der Waals surface area contributed by atoms with E-state index in [0.29, 0.717) is 17.9 Å². The summed E-state index contributed by atoms with van der Waals surface area (Å²) in [6.45, 7) is 1.77. The van der Waals surface area contributed by atoms with Crippen LogP contribution in [0, 0.1) is 12.7 Å². The number of hydrogen-bond donors (Lipinski definition) is 0. The molecule has 0 aliphatic carbocycles. The highest BCUT2D eigenvalue weighted by Crippen LogP contribution is 2.29. The van der Waals surface area contributed by atoms with Crippen LogP contribution in [0.4, 0.5) is 17.6 Å². The molecule has 0 atom stereocenters. The van der Waals surface area contributed by atoms with Gasteiger partial charge in [-0.15, -0.1) is 0 Å². The van der Waals surface area contributed by atoms with Crippen LogP contribution in [-0.2, 0) is 12.6 Å². The topological polar surface area (TPSA) is 69.1 Å². The molecule has 0 saturated heterocycles. The predicted octanol–water partition coefficient (Wildman–Crippen LogP) is 4.61. The summed E-state index contributed by atoms with van der Waals surface area (Å²) in [6.07, 6.45) is -4.44. The van der Waals surface area contributed by atoms with E-state index in [2.05, 4.69) is 14.7 Å². The second-order valence-corrected chi connectivity index (χ2v) is 5.55. The molecule has 26 heavy (non-hydrogen) atoms. The summed E-state index contributed by atoms with van der Waals surface area (Å²) in [5, 5.41) is 3.18. The van der Waals surface area contributed by atoms with Gasteiger partial charge in [-0.1, -0.05) is 11.2 Å². The number of nitrogens with zero attached hydrogens (tertiary/aromatic N) is 2. The number of Topliss-reactive ketones (excluding diaryl/α,β-unsaturated/α-hetero) is 1. The van der Waals surface area contributed by atoms with E-state index in [-0.39, 0.29) is 17.5 Å². The maximum atomic E-state index is 14.2. The fourth-order valence-electron chi connectivity index (χ4n) is 2.33. The van der Waals surface area contributed by atoms with Gasteiger partial charge < -0.3 is 8.94 Å². The number of aromatic nitrogens is 2. The van der Waals surface area contributed by atoms with Crippen LogP contribution in [0.25, 0.3) is 11.4 Å². The third-order valence-corrected chi connectivity index (χ3v) is 3.59. The minimum Gasteiger partial charge on any atom is -0.466 e. The van der Waals surface area contributed by atoms with Gasteiger partial charge in [-0.3, -0.25) is 4.79 Å². The molecular formula is C17H12F4N2O3. The van der Waals surface area contributed by atoms with E-state index in [9.17, 15) is 22.4 Å². The van der Waals surface area contributed by atoms with E-state index in [1.165, 1.54) is 12.1 Å². The first-order valence-electron chi connectivity index (χ1n) is 7.53.